The zero-order valence-corrected chi connectivity index (χ0v) is 11.3. The Morgan fingerprint density at radius 1 is 1.37 bits per heavy atom. The molecule has 0 radical (unpaired) electrons. The van der Waals surface area contributed by atoms with Crippen LogP contribution in [-0.2, 0) is 0 Å². The third-order valence-electron chi connectivity index (χ3n) is 2.77. The van der Waals surface area contributed by atoms with Gasteiger partial charge in [-0.3, -0.25) is 0 Å². The topological polar surface area (TPSA) is 67.1 Å². The van der Waals surface area contributed by atoms with Gasteiger partial charge in [0.2, 0.25) is 0 Å². The van der Waals surface area contributed by atoms with Gasteiger partial charge in [-0.05, 0) is 17.5 Å². The maximum Gasteiger partial charge on any atom is 0.319 e. The van der Waals surface area contributed by atoms with E-state index in [0.29, 0.717) is 6.07 Å². The Bertz CT molecular complexity index is 458. The zero-order valence-electron chi connectivity index (χ0n) is 11.3. The summed E-state index contributed by atoms with van der Waals surface area (Å²) in [7, 11) is 0. The summed E-state index contributed by atoms with van der Waals surface area (Å²) in [4.78, 5) is 11.7. The first-order valence-electron chi connectivity index (χ1n) is 5.96. The molecule has 106 valence electrons. The summed E-state index contributed by atoms with van der Waals surface area (Å²) in [5.41, 5.74) is 5.29. The van der Waals surface area contributed by atoms with Gasteiger partial charge in [-0.2, -0.15) is 0 Å². The molecular formula is C13H19F2N3O. The summed E-state index contributed by atoms with van der Waals surface area (Å²) >= 11 is 0. The Balaban J connectivity index is 2.70. The van der Waals surface area contributed by atoms with Gasteiger partial charge in [0.25, 0.3) is 0 Å². The van der Waals surface area contributed by atoms with Crippen LogP contribution in [0.25, 0.3) is 0 Å². The summed E-state index contributed by atoms with van der Waals surface area (Å²) in [5, 5.41) is 4.99. The Kier molecular flexibility index (Phi) is 4.83. The van der Waals surface area contributed by atoms with Crippen LogP contribution < -0.4 is 16.4 Å². The van der Waals surface area contributed by atoms with Crippen molar-refractivity contribution in [2.45, 2.75) is 26.8 Å². The molecule has 1 atom stereocenters. The highest BCUT2D eigenvalue weighted by molar-refractivity contribution is 5.89. The van der Waals surface area contributed by atoms with Gasteiger partial charge in [0.1, 0.15) is 11.6 Å². The highest BCUT2D eigenvalue weighted by Gasteiger charge is 2.25. The van der Waals surface area contributed by atoms with E-state index in [4.69, 9.17) is 5.73 Å². The van der Waals surface area contributed by atoms with Gasteiger partial charge < -0.3 is 16.4 Å². The number of halogens is 2. The van der Waals surface area contributed by atoms with Crippen LogP contribution in [0.2, 0.25) is 0 Å². The van der Waals surface area contributed by atoms with Gasteiger partial charge in [-0.15, -0.1) is 0 Å². The Labute approximate surface area is 111 Å². The lowest BCUT2D eigenvalue weighted by atomic mass is 9.87. The molecule has 4 nitrogen and oxygen atoms in total. The number of amides is 2. The van der Waals surface area contributed by atoms with E-state index in [1.807, 2.05) is 20.8 Å². The zero-order chi connectivity index (χ0) is 14.6. The molecule has 1 aromatic rings. The van der Waals surface area contributed by atoms with Gasteiger partial charge in [-0.1, -0.05) is 20.8 Å². The molecule has 0 spiro atoms. The van der Waals surface area contributed by atoms with E-state index >= 15 is 0 Å². The maximum absolute atomic E-state index is 13.4. The predicted octanol–water partition coefficient (Wildman–Crippen LogP) is 2.46. The molecule has 4 N–H and O–H groups in total. The van der Waals surface area contributed by atoms with Crippen LogP contribution in [0.4, 0.5) is 19.3 Å². The van der Waals surface area contributed by atoms with E-state index in [2.05, 4.69) is 10.6 Å². The summed E-state index contributed by atoms with van der Waals surface area (Å²) in [6.07, 6.45) is 0. The number of hydrogen-bond donors (Lipinski definition) is 3. The first-order valence-corrected chi connectivity index (χ1v) is 5.96. The van der Waals surface area contributed by atoms with Gasteiger partial charge >= 0.3 is 6.03 Å². The third kappa shape index (κ3) is 4.48. The minimum atomic E-state index is -0.824. The van der Waals surface area contributed by atoms with Crippen molar-refractivity contribution in [1.82, 2.24) is 5.32 Å². The average Bonchev–Trinajstić information content (AvgIpc) is 2.28. The van der Waals surface area contributed by atoms with Crippen LogP contribution in [0.5, 0.6) is 0 Å². The number of nitrogens with one attached hydrogen (secondary N) is 2. The predicted molar refractivity (Wildman–Crippen MR) is 70.8 cm³/mol. The van der Waals surface area contributed by atoms with Crippen molar-refractivity contribution in [3.05, 3.63) is 29.8 Å². The molecule has 0 aliphatic rings. The molecule has 0 bridgehead atoms. The van der Waals surface area contributed by atoms with Gasteiger partial charge in [0.15, 0.2) is 0 Å². The molecule has 1 unspecified atom stereocenters. The average molecular weight is 271 g/mol. The summed E-state index contributed by atoms with van der Waals surface area (Å²) in [5.74, 6) is -1.52. The monoisotopic (exact) mass is 271 g/mol. The minimum absolute atomic E-state index is 0.0800. The first-order chi connectivity index (χ1) is 8.74. The molecule has 0 saturated heterocycles. The van der Waals surface area contributed by atoms with Crippen molar-refractivity contribution >= 4 is 11.7 Å². The van der Waals surface area contributed by atoms with Crippen molar-refractivity contribution in [3.8, 4) is 0 Å². The smallest absolute Gasteiger partial charge is 0.319 e. The van der Waals surface area contributed by atoms with Crippen molar-refractivity contribution in [2.24, 2.45) is 11.1 Å². The molecule has 0 heterocycles. The van der Waals surface area contributed by atoms with Gasteiger partial charge in [0, 0.05) is 18.7 Å². The van der Waals surface area contributed by atoms with Crippen LogP contribution in [-0.4, -0.2) is 18.6 Å². The number of carbonyl (C=O) groups is 1. The molecule has 1 aromatic carbocycles. The SMILES string of the molecule is CC(C)(C)C(CN)NC(=O)Nc1ccc(F)cc1F. The summed E-state index contributed by atoms with van der Waals surface area (Å²) in [6.45, 7) is 6.07. The molecule has 0 aliphatic carbocycles. The quantitative estimate of drug-likeness (QED) is 0.790. The van der Waals surface area contributed by atoms with Crippen LogP contribution in [0.1, 0.15) is 20.8 Å². The van der Waals surface area contributed by atoms with E-state index in [1.54, 1.807) is 0 Å². The fraction of sp³-hybridized carbons (Fsp3) is 0.462. The highest BCUT2D eigenvalue weighted by atomic mass is 19.1. The lowest BCUT2D eigenvalue weighted by Crippen LogP contribution is -2.49. The van der Waals surface area contributed by atoms with Gasteiger partial charge in [-0.25, -0.2) is 13.6 Å². The maximum atomic E-state index is 13.4. The molecule has 6 heteroatoms. The van der Waals surface area contributed by atoms with E-state index in [9.17, 15) is 13.6 Å². The summed E-state index contributed by atoms with van der Waals surface area (Å²) < 4.78 is 26.1. The van der Waals surface area contributed by atoms with Crippen LogP contribution in [0.3, 0.4) is 0 Å². The van der Waals surface area contributed by atoms with E-state index in [1.165, 1.54) is 6.07 Å². The van der Waals surface area contributed by atoms with Crippen LogP contribution >= 0.6 is 0 Å². The molecule has 19 heavy (non-hydrogen) atoms. The Hall–Kier alpha value is -1.69. The fourth-order valence-corrected chi connectivity index (χ4v) is 1.54. The lowest BCUT2D eigenvalue weighted by Gasteiger charge is -2.30. The Morgan fingerprint density at radius 2 is 2.00 bits per heavy atom. The van der Waals surface area contributed by atoms with Crippen LogP contribution in [0.15, 0.2) is 18.2 Å². The third-order valence-corrected chi connectivity index (χ3v) is 2.77. The minimum Gasteiger partial charge on any atom is -0.333 e. The van der Waals surface area contributed by atoms with Crippen molar-refractivity contribution in [2.75, 3.05) is 11.9 Å². The largest absolute Gasteiger partial charge is 0.333 e. The second kappa shape index (κ2) is 5.97. The Morgan fingerprint density at radius 3 is 2.47 bits per heavy atom. The second-order valence-corrected chi connectivity index (χ2v) is 5.38. The summed E-state index contributed by atoms with van der Waals surface area (Å²) in [6, 6.07) is 2.12. The fourth-order valence-electron chi connectivity index (χ4n) is 1.54. The molecule has 0 saturated carbocycles. The van der Waals surface area contributed by atoms with Gasteiger partial charge in [0.05, 0.1) is 5.69 Å². The van der Waals surface area contributed by atoms with Crippen molar-refractivity contribution in [1.29, 1.82) is 0 Å². The normalized spacial score (nSPS) is 12.9. The lowest BCUT2D eigenvalue weighted by molar-refractivity contribution is 0.230. The molecular weight excluding hydrogens is 252 g/mol. The molecule has 2 amide bonds. The van der Waals surface area contributed by atoms with E-state index in [-0.39, 0.29) is 23.7 Å². The number of benzene rings is 1. The molecule has 0 aliphatic heterocycles. The number of nitrogens with two attached hydrogens (primary N) is 1. The number of urea groups is 1. The number of anilines is 1. The standard InChI is InChI=1S/C13H19F2N3O/c1-13(2,3)11(7-16)18-12(19)17-10-5-4-8(14)6-9(10)15/h4-6,11H,7,16H2,1-3H3,(H2,17,18,19). The first kappa shape index (κ1) is 15.4. The number of carbonyl (C=O) groups excluding carboxylic acids is 1. The highest BCUT2D eigenvalue weighted by Crippen LogP contribution is 2.19. The van der Waals surface area contributed by atoms with Crippen molar-refractivity contribution in [3.63, 3.8) is 0 Å². The molecule has 0 fully saturated rings. The number of hydrogen-bond acceptors (Lipinski definition) is 2. The van der Waals surface area contributed by atoms with E-state index < -0.39 is 17.7 Å². The molecule has 0 aromatic heterocycles. The molecule has 1 rings (SSSR count). The van der Waals surface area contributed by atoms with E-state index in [0.717, 1.165) is 6.07 Å². The second-order valence-electron chi connectivity index (χ2n) is 5.38. The van der Waals surface area contributed by atoms with Crippen molar-refractivity contribution < 1.29 is 13.6 Å². The number of rotatable bonds is 3. The van der Waals surface area contributed by atoms with Crippen LogP contribution in [0, 0.1) is 17.0 Å².